The predicted molar refractivity (Wildman–Crippen MR) is 106 cm³/mol. The van der Waals surface area contributed by atoms with E-state index in [0.717, 1.165) is 0 Å². The normalized spacial score (nSPS) is 17.3. The Balaban J connectivity index is 2.15. The van der Waals surface area contributed by atoms with Crippen molar-refractivity contribution in [2.75, 3.05) is 26.3 Å². The van der Waals surface area contributed by atoms with Crippen LogP contribution in [0.2, 0.25) is 0 Å². The molecule has 148 valence electrons. The van der Waals surface area contributed by atoms with E-state index in [4.69, 9.17) is 4.74 Å². The number of aliphatic hydroxyl groups excluding tert-OH is 1. The molecule has 2 N–H and O–H groups in total. The summed E-state index contributed by atoms with van der Waals surface area (Å²) in [6, 6.07) is 18.0. The first-order chi connectivity index (χ1) is 13.6. The minimum atomic E-state index is -1.36. The number of piperazine rings is 1. The minimum Gasteiger partial charge on any atom is -0.396 e. The summed E-state index contributed by atoms with van der Waals surface area (Å²) in [7, 11) is 0. The van der Waals surface area contributed by atoms with Crippen molar-refractivity contribution in [3.63, 3.8) is 0 Å². The van der Waals surface area contributed by atoms with Crippen molar-refractivity contribution in [2.45, 2.75) is 25.0 Å². The first-order valence-electron chi connectivity index (χ1n) is 9.59. The van der Waals surface area contributed by atoms with Crippen molar-refractivity contribution in [1.29, 1.82) is 0 Å². The van der Waals surface area contributed by atoms with Gasteiger partial charge in [-0.15, -0.1) is 0 Å². The third-order valence-electron chi connectivity index (χ3n) is 5.02. The lowest BCUT2D eigenvalue weighted by molar-refractivity contribution is -0.161. The van der Waals surface area contributed by atoms with Crippen LogP contribution >= 0.6 is 0 Å². The minimum absolute atomic E-state index is 0.180. The molecule has 0 spiro atoms. The Morgan fingerprint density at radius 2 is 1.71 bits per heavy atom. The average Bonchev–Trinajstić information content (AvgIpc) is 2.74. The number of benzene rings is 2. The lowest BCUT2D eigenvalue weighted by atomic mass is 9.83. The summed E-state index contributed by atoms with van der Waals surface area (Å²) in [4.78, 5) is 27.9. The molecule has 6 nitrogen and oxygen atoms in total. The van der Waals surface area contributed by atoms with Crippen LogP contribution in [0.5, 0.6) is 0 Å². The number of hydrogen-bond acceptors (Lipinski definition) is 4. The summed E-state index contributed by atoms with van der Waals surface area (Å²) in [6.45, 7) is 2.73. The standard InChI is InChI=1S/C22H26N2O4/c1-2-28-22(17-9-5-3-6-10-17,18-11-7-4-8-12-18)21(27)24-15-14-23-20(26)19(24)13-16-25/h3-12,19,25H,2,13-16H2,1H3,(H,23,26)/t19-/m0/s1. The van der Waals surface area contributed by atoms with Crippen molar-refractivity contribution >= 4 is 11.8 Å². The number of carbonyl (C=O) groups excluding carboxylic acids is 2. The molecule has 2 aromatic rings. The Kier molecular flexibility index (Phi) is 6.44. The van der Waals surface area contributed by atoms with E-state index in [1.54, 1.807) is 4.90 Å². The van der Waals surface area contributed by atoms with Crippen LogP contribution in [0.15, 0.2) is 60.7 Å². The number of hydrogen-bond donors (Lipinski definition) is 2. The monoisotopic (exact) mass is 382 g/mol. The Bertz CT molecular complexity index is 755. The van der Waals surface area contributed by atoms with E-state index in [1.165, 1.54) is 0 Å². The van der Waals surface area contributed by atoms with Gasteiger partial charge in [0.05, 0.1) is 0 Å². The van der Waals surface area contributed by atoms with E-state index >= 15 is 0 Å². The predicted octanol–water partition coefficient (Wildman–Crippen LogP) is 1.68. The van der Waals surface area contributed by atoms with E-state index in [9.17, 15) is 14.7 Å². The summed E-state index contributed by atoms with van der Waals surface area (Å²) in [5.74, 6) is -0.541. The molecule has 3 rings (SSSR count). The zero-order chi connectivity index (χ0) is 20.0. The van der Waals surface area contributed by atoms with Crippen LogP contribution in [0.1, 0.15) is 24.5 Å². The lowest BCUT2D eigenvalue weighted by Crippen LogP contribution is -2.62. The van der Waals surface area contributed by atoms with Gasteiger partial charge in [0.1, 0.15) is 6.04 Å². The summed E-state index contributed by atoms with van der Waals surface area (Å²) in [5, 5.41) is 12.2. The molecule has 0 aliphatic carbocycles. The first kappa shape index (κ1) is 20.0. The van der Waals surface area contributed by atoms with Gasteiger partial charge in [0, 0.05) is 26.3 Å². The molecule has 1 saturated heterocycles. The number of carbonyl (C=O) groups is 2. The maximum absolute atomic E-state index is 14.0. The highest BCUT2D eigenvalue weighted by molar-refractivity contribution is 5.95. The van der Waals surface area contributed by atoms with Crippen molar-refractivity contribution in [2.24, 2.45) is 0 Å². The molecule has 0 aromatic heterocycles. The third-order valence-corrected chi connectivity index (χ3v) is 5.02. The molecule has 1 aliphatic heterocycles. The number of nitrogens with one attached hydrogen (secondary N) is 1. The van der Waals surface area contributed by atoms with Crippen LogP contribution < -0.4 is 5.32 Å². The molecule has 0 saturated carbocycles. The molecule has 28 heavy (non-hydrogen) atoms. The highest BCUT2D eigenvalue weighted by atomic mass is 16.5. The largest absolute Gasteiger partial charge is 0.396 e. The molecule has 2 aromatic carbocycles. The molecular formula is C22H26N2O4. The quantitative estimate of drug-likeness (QED) is 0.764. The molecule has 1 heterocycles. The Morgan fingerprint density at radius 1 is 1.14 bits per heavy atom. The molecular weight excluding hydrogens is 356 g/mol. The SMILES string of the molecule is CCOC(C(=O)N1CCNC(=O)[C@@H]1CCO)(c1ccccc1)c1ccccc1. The smallest absolute Gasteiger partial charge is 0.264 e. The Labute approximate surface area is 165 Å². The zero-order valence-electron chi connectivity index (χ0n) is 16.0. The number of aliphatic hydroxyl groups is 1. The Hall–Kier alpha value is -2.70. The summed E-state index contributed by atoms with van der Waals surface area (Å²) in [6.07, 6.45) is 0.184. The van der Waals surface area contributed by atoms with Crippen molar-refractivity contribution in [1.82, 2.24) is 10.2 Å². The van der Waals surface area contributed by atoms with Crippen LogP contribution in [-0.2, 0) is 19.9 Å². The van der Waals surface area contributed by atoms with Gasteiger partial charge in [-0.25, -0.2) is 0 Å². The fourth-order valence-corrected chi connectivity index (χ4v) is 3.77. The van der Waals surface area contributed by atoms with Gasteiger partial charge < -0.3 is 20.1 Å². The molecule has 6 heteroatoms. The van der Waals surface area contributed by atoms with Crippen molar-refractivity contribution < 1.29 is 19.4 Å². The molecule has 1 aliphatic rings. The molecule has 1 fully saturated rings. The number of amides is 2. The zero-order valence-corrected chi connectivity index (χ0v) is 16.0. The van der Waals surface area contributed by atoms with Gasteiger partial charge in [-0.05, 0) is 24.5 Å². The first-order valence-corrected chi connectivity index (χ1v) is 9.59. The summed E-state index contributed by atoms with van der Waals surface area (Å²) in [5.41, 5.74) is 0.0614. The topological polar surface area (TPSA) is 78.9 Å². The number of nitrogens with zero attached hydrogens (tertiary/aromatic N) is 1. The van der Waals surface area contributed by atoms with Gasteiger partial charge in [-0.3, -0.25) is 9.59 Å². The van der Waals surface area contributed by atoms with E-state index < -0.39 is 11.6 Å². The average molecular weight is 382 g/mol. The van der Waals surface area contributed by atoms with Crippen LogP contribution in [-0.4, -0.2) is 54.2 Å². The van der Waals surface area contributed by atoms with Gasteiger partial charge in [0.2, 0.25) is 5.91 Å². The van der Waals surface area contributed by atoms with E-state index in [-0.39, 0.29) is 24.8 Å². The lowest BCUT2D eigenvalue weighted by Gasteiger charge is -2.42. The molecule has 0 radical (unpaired) electrons. The van der Waals surface area contributed by atoms with Gasteiger partial charge in [0.15, 0.2) is 5.60 Å². The Morgan fingerprint density at radius 3 is 2.21 bits per heavy atom. The molecule has 0 unspecified atom stereocenters. The van der Waals surface area contributed by atoms with Gasteiger partial charge >= 0.3 is 0 Å². The fourth-order valence-electron chi connectivity index (χ4n) is 3.77. The second-order valence-electron chi connectivity index (χ2n) is 6.66. The molecule has 0 bridgehead atoms. The van der Waals surface area contributed by atoms with Crippen LogP contribution in [0.4, 0.5) is 0 Å². The maximum atomic E-state index is 14.0. The van der Waals surface area contributed by atoms with Crippen LogP contribution in [0, 0.1) is 0 Å². The van der Waals surface area contributed by atoms with Crippen LogP contribution in [0.25, 0.3) is 0 Å². The van der Waals surface area contributed by atoms with Gasteiger partial charge in [-0.1, -0.05) is 60.7 Å². The van der Waals surface area contributed by atoms with E-state index in [1.807, 2.05) is 67.6 Å². The highest BCUT2D eigenvalue weighted by Crippen LogP contribution is 2.37. The van der Waals surface area contributed by atoms with Gasteiger partial charge in [-0.2, -0.15) is 0 Å². The van der Waals surface area contributed by atoms with Gasteiger partial charge in [0.25, 0.3) is 5.91 Å². The fraction of sp³-hybridized carbons (Fsp3) is 0.364. The summed E-state index contributed by atoms with van der Waals surface area (Å²) < 4.78 is 6.19. The maximum Gasteiger partial charge on any atom is 0.264 e. The highest BCUT2D eigenvalue weighted by Gasteiger charge is 2.48. The van der Waals surface area contributed by atoms with E-state index in [0.29, 0.717) is 30.8 Å². The molecule has 2 amide bonds. The van der Waals surface area contributed by atoms with Crippen LogP contribution in [0.3, 0.4) is 0 Å². The van der Waals surface area contributed by atoms with E-state index in [2.05, 4.69) is 5.32 Å². The summed E-state index contributed by atoms with van der Waals surface area (Å²) >= 11 is 0. The number of ether oxygens (including phenoxy) is 1. The second kappa shape index (κ2) is 8.99. The van der Waals surface area contributed by atoms with Crippen molar-refractivity contribution in [3.8, 4) is 0 Å². The third kappa shape index (κ3) is 3.66. The van der Waals surface area contributed by atoms with Crippen molar-refractivity contribution in [3.05, 3.63) is 71.8 Å². The number of rotatable bonds is 7. The molecule has 1 atom stereocenters. The second-order valence-corrected chi connectivity index (χ2v) is 6.66.